The van der Waals surface area contributed by atoms with Crippen molar-refractivity contribution < 1.29 is 13.9 Å². The number of methoxy groups -OCH3 is 1. The van der Waals surface area contributed by atoms with Gasteiger partial charge in [-0.15, -0.1) is 0 Å². The van der Waals surface area contributed by atoms with E-state index in [-0.39, 0.29) is 16.9 Å². The van der Waals surface area contributed by atoms with Crippen LogP contribution in [0.4, 0.5) is 4.39 Å². The number of carbonyl (C=O) groups is 1. The summed E-state index contributed by atoms with van der Waals surface area (Å²) in [6.45, 7) is -0.201. The smallest absolute Gasteiger partial charge is 0.331 e. The second-order valence-electron chi connectivity index (χ2n) is 5.63. The van der Waals surface area contributed by atoms with Crippen molar-refractivity contribution in [2.45, 2.75) is 25.9 Å². The summed E-state index contributed by atoms with van der Waals surface area (Å²) in [6.07, 6.45) is 1.12. The lowest BCUT2D eigenvalue weighted by molar-refractivity contribution is 0.0965. The summed E-state index contributed by atoms with van der Waals surface area (Å²) in [4.78, 5) is 37.4. The number of fused-ring (bicyclic) bond motifs is 1. The van der Waals surface area contributed by atoms with Gasteiger partial charge in [0.2, 0.25) is 0 Å². The van der Waals surface area contributed by atoms with Gasteiger partial charge in [-0.2, -0.15) is 5.26 Å². The highest BCUT2D eigenvalue weighted by Gasteiger charge is 2.24. The Balaban J connectivity index is 2.10. The Morgan fingerprint density at radius 1 is 1.40 bits per heavy atom. The molecule has 0 saturated carbocycles. The lowest BCUT2D eigenvalue weighted by atomic mass is 10.1. The molecule has 7 nitrogen and oxygen atoms in total. The monoisotopic (exact) mass is 343 g/mol. The minimum atomic E-state index is -0.802. The molecule has 0 saturated heterocycles. The SMILES string of the molecule is COc1ccc(F)cc1C(=O)Cn1c(=O)c(C#N)c2n(c1=O)CCC2. The number of aromatic nitrogens is 2. The van der Waals surface area contributed by atoms with E-state index in [9.17, 15) is 24.0 Å². The molecule has 0 aliphatic carbocycles. The molecular weight excluding hydrogens is 329 g/mol. The molecule has 25 heavy (non-hydrogen) atoms. The highest BCUT2D eigenvalue weighted by molar-refractivity contribution is 5.98. The van der Waals surface area contributed by atoms with Gasteiger partial charge < -0.3 is 4.74 Å². The van der Waals surface area contributed by atoms with E-state index in [1.54, 1.807) is 0 Å². The van der Waals surface area contributed by atoms with Crippen molar-refractivity contribution in [2.75, 3.05) is 7.11 Å². The second kappa shape index (κ2) is 6.36. The highest BCUT2D eigenvalue weighted by atomic mass is 19.1. The van der Waals surface area contributed by atoms with Crippen LogP contribution in [-0.4, -0.2) is 22.0 Å². The zero-order valence-corrected chi connectivity index (χ0v) is 13.4. The Morgan fingerprint density at radius 2 is 2.16 bits per heavy atom. The molecule has 1 aromatic carbocycles. The molecule has 0 unspecified atom stereocenters. The van der Waals surface area contributed by atoms with E-state index in [0.717, 1.165) is 16.7 Å². The van der Waals surface area contributed by atoms with Gasteiger partial charge in [0.15, 0.2) is 5.78 Å². The fraction of sp³-hybridized carbons (Fsp3) is 0.294. The van der Waals surface area contributed by atoms with Crippen LogP contribution in [-0.2, 0) is 19.5 Å². The summed E-state index contributed by atoms with van der Waals surface area (Å²) in [5, 5.41) is 9.23. The first-order valence-electron chi connectivity index (χ1n) is 7.61. The Hall–Kier alpha value is -3.21. The largest absolute Gasteiger partial charge is 0.496 e. The summed E-state index contributed by atoms with van der Waals surface area (Å²) in [7, 11) is 1.33. The third-order valence-corrected chi connectivity index (χ3v) is 4.21. The Bertz CT molecular complexity index is 1030. The molecule has 1 aliphatic rings. The molecule has 0 spiro atoms. The van der Waals surface area contributed by atoms with Gasteiger partial charge >= 0.3 is 5.69 Å². The molecule has 128 valence electrons. The molecule has 3 rings (SSSR count). The summed E-state index contributed by atoms with van der Waals surface area (Å²) in [5.41, 5.74) is -1.23. The van der Waals surface area contributed by atoms with Gasteiger partial charge in [-0.1, -0.05) is 0 Å². The third-order valence-electron chi connectivity index (χ3n) is 4.21. The topological polar surface area (TPSA) is 94.1 Å². The van der Waals surface area contributed by atoms with Gasteiger partial charge in [0.1, 0.15) is 23.2 Å². The number of ether oxygens (including phenoxy) is 1. The van der Waals surface area contributed by atoms with E-state index in [4.69, 9.17) is 4.74 Å². The molecule has 1 aliphatic heterocycles. The van der Waals surface area contributed by atoms with Crippen molar-refractivity contribution in [2.24, 2.45) is 0 Å². The van der Waals surface area contributed by atoms with Gasteiger partial charge in [-0.25, -0.2) is 9.18 Å². The maximum atomic E-state index is 13.5. The van der Waals surface area contributed by atoms with E-state index in [1.807, 2.05) is 6.07 Å². The standard InChI is InChI=1S/C17H14FN3O4/c1-25-15-5-4-10(18)7-11(15)14(22)9-21-16(23)12(8-19)13-3-2-6-20(13)17(21)24/h4-5,7H,2-3,6,9H2,1H3. The number of Topliss-reactive ketones (excluding diaryl/α,β-unsaturated/α-hetero) is 1. The Morgan fingerprint density at radius 3 is 2.84 bits per heavy atom. The van der Waals surface area contributed by atoms with Crippen LogP contribution in [0.2, 0.25) is 0 Å². The molecule has 2 heterocycles. The Kier molecular flexibility index (Phi) is 4.23. The number of benzene rings is 1. The lowest BCUT2D eigenvalue weighted by Crippen LogP contribution is -2.43. The van der Waals surface area contributed by atoms with Gasteiger partial charge in [-0.3, -0.25) is 18.7 Å². The van der Waals surface area contributed by atoms with Crippen LogP contribution in [0.3, 0.4) is 0 Å². The van der Waals surface area contributed by atoms with Crippen molar-refractivity contribution in [3.8, 4) is 11.8 Å². The average molecular weight is 343 g/mol. The maximum Gasteiger partial charge on any atom is 0.331 e. The fourth-order valence-electron chi connectivity index (χ4n) is 3.02. The number of nitriles is 1. The molecule has 0 atom stereocenters. The zero-order valence-electron chi connectivity index (χ0n) is 13.4. The van der Waals surface area contributed by atoms with Crippen molar-refractivity contribution in [1.82, 2.24) is 9.13 Å². The fourth-order valence-corrected chi connectivity index (χ4v) is 3.02. The predicted octanol–water partition coefficient (Wildman–Crippen LogP) is 0.858. The number of carbonyl (C=O) groups excluding carboxylic acids is 1. The van der Waals surface area contributed by atoms with Crippen LogP contribution in [0.5, 0.6) is 5.75 Å². The van der Waals surface area contributed by atoms with Crippen molar-refractivity contribution in [3.05, 3.63) is 61.7 Å². The van der Waals surface area contributed by atoms with Crippen LogP contribution < -0.4 is 16.0 Å². The number of nitrogens with zero attached hydrogens (tertiary/aromatic N) is 3. The minimum Gasteiger partial charge on any atom is -0.496 e. The molecule has 8 heteroatoms. The molecule has 0 amide bonds. The van der Waals surface area contributed by atoms with Crippen LogP contribution in [0.15, 0.2) is 27.8 Å². The predicted molar refractivity (Wildman–Crippen MR) is 85.3 cm³/mol. The average Bonchev–Trinajstić information content (AvgIpc) is 3.08. The van der Waals surface area contributed by atoms with Crippen LogP contribution in [0, 0.1) is 17.1 Å². The third kappa shape index (κ3) is 2.74. The number of hydrogen-bond acceptors (Lipinski definition) is 5. The quantitative estimate of drug-likeness (QED) is 0.768. The van der Waals surface area contributed by atoms with E-state index in [1.165, 1.54) is 17.7 Å². The molecule has 2 aromatic rings. The first-order valence-corrected chi connectivity index (χ1v) is 7.61. The van der Waals surface area contributed by atoms with Gasteiger partial charge in [0, 0.05) is 12.2 Å². The van der Waals surface area contributed by atoms with Gasteiger partial charge in [0.05, 0.1) is 19.2 Å². The number of rotatable bonds is 4. The maximum absolute atomic E-state index is 13.5. The van der Waals surface area contributed by atoms with Crippen molar-refractivity contribution in [3.63, 3.8) is 0 Å². The summed E-state index contributed by atoms with van der Waals surface area (Å²) >= 11 is 0. The number of halogens is 1. The van der Waals surface area contributed by atoms with Gasteiger partial charge in [0.25, 0.3) is 5.56 Å². The highest BCUT2D eigenvalue weighted by Crippen LogP contribution is 2.20. The second-order valence-corrected chi connectivity index (χ2v) is 5.63. The number of hydrogen-bond donors (Lipinski definition) is 0. The lowest BCUT2D eigenvalue weighted by Gasteiger charge is -2.12. The van der Waals surface area contributed by atoms with Gasteiger partial charge in [-0.05, 0) is 31.0 Å². The molecule has 1 aromatic heterocycles. The van der Waals surface area contributed by atoms with E-state index >= 15 is 0 Å². The molecule has 0 N–H and O–H groups in total. The number of ketones is 1. The summed E-state index contributed by atoms with van der Waals surface area (Å²) < 4.78 is 20.5. The van der Waals surface area contributed by atoms with Crippen LogP contribution in [0.25, 0.3) is 0 Å². The first kappa shape index (κ1) is 16.6. The van der Waals surface area contributed by atoms with E-state index in [0.29, 0.717) is 25.1 Å². The normalized spacial score (nSPS) is 12.5. The van der Waals surface area contributed by atoms with E-state index < -0.39 is 29.4 Å². The molecule has 0 fully saturated rings. The molecule has 0 bridgehead atoms. The van der Waals surface area contributed by atoms with Crippen molar-refractivity contribution >= 4 is 5.78 Å². The van der Waals surface area contributed by atoms with Crippen molar-refractivity contribution in [1.29, 1.82) is 5.26 Å². The van der Waals surface area contributed by atoms with Crippen LogP contribution in [0.1, 0.15) is 28.0 Å². The first-order chi connectivity index (χ1) is 12.0. The van der Waals surface area contributed by atoms with Crippen LogP contribution >= 0.6 is 0 Å². The molecular formula is C17H14FN3O4. The summed E-state index contributed by atoms with van der Waals surface area (Å²) in [5.74, 6) is -1.15. The van der Waals surface area contributed by atoms with E-state index in [2.05, 4.69) is 0 Å². The molecule has 0 radical (unpaired) electrons. The summed E-state index contributed by atoms with van der Waals surface area (Å²) in [6, 6.07) is 5.24. The zero-order chi connectivity index (χ0) is 18.1. The minimum absolute atomic E-state index is 0.0715. The Labute approximate surface area is 141 Å².